The van der Waals surface area contributed by atoms with Crippen LogP contribution in [-0.2, 0) is 0 Å². The Labute approximate surface area is 88.8 Å². The van der Waals surface area contributed by atoms with Gasteiger partial charge in [-0.1, -0.05) is 20.3 Å². The van der Waals surface area contributed by atoms with Crippen molar-refractivity contribution in [1.29, 1.82) is 0 Å². The van der Waals surface area contributed by atoms with Crippen LogP contribution in [0.1, 0.15) is 46.0 Å². The van der Waals surface area contributed by atoms with Gasteiger partial charge in [0.15, 0.2) is 0 Å². The summed E-state index contributed by atoms with van der Waals surface area (Å²) in [5.74, 6) is 0.742. The number of nitrogens with two attached hydrogens (primary N) is 1. The Morgan fingerprint density at radius 2 is 1.79 bits per heavy atom. The summed E-state index contributed by atoms with van der Waals surface area (Å²) >= 11 is 0. The lowest BCUT2D eigenvalue weighted by Crippen LogP contribution is -2.34. The predicted molar refractivity (Wildman–Crippen MR) is 62.3 cm³/mol. The average molecular weight is 198 g/mol. The van der Waals surface area contributed by atoms with E-state index in [1.165, 1.54) is 51.7 Å². The first kappa shape index (κ1) is 12.0. The zero-order chi connectivity index (χ0) is 10.4. The molecule has 0 amide bonds. The third-order valence-corrected chi connectivity index (χ3v) is 3.04. The third-order valence-electron chi connectivity index (χ3n) is 3.04. The highest BCUT2D eigenvalue weighted by atomic mass is 15.1. The lowest BCUT2D eigenvalue weighted by molar-refractivity contribution is 0.218. The fourth-order valence-corrected chi connectivity index (χ4v) is 2.25. The molecule has 0 aromatic heterocycles. The van der Waals surface area contributed by atoms with Gasteiger partial charge >= 0.3 is 0 Å². The van der Waals surface area contributed by atoms with Crippen molar-refractivity contribution in [3.63, 3.8) is 0 Å². The lowest BCUT2D eigenvalue weighted by atomic mass is 10.0. The maximum atomic E-state index is 6.07. The van der Waals surface area contributed by atoms with Crippen LogP contribution < -0.4 is 5.73 Å². The lowest BCUT2D eigenvalue weighted by Gasteiger charge is -2.27. The molecule has 1 saturated heterocycles. The van der Waals surface area contributed by atoms with Crippen molar-refractivity contribution in [2.75, 3.05) is 19.6 Å². The molecule has 0 radical (unpaired) electrons. The molecule has 1 heterocycles. The van der Waals surface area contributed by atoms with E-state index >= 15 is 0 Å². The summed E-state index contributed by atoms with van der Waals surface area (Å²) in [6.07, 6.45) is 6.55. The highest BCUT2D eigenvalue weighted by molar-refractivity contribution is 4.69. The average Bonchev–Trinajstić information content (AvgIpc) is 2.15. The second kappa shape index (κ2) is 6.41. The summed E-state index contributed by atoms with van der Waals surface area (Å²) in [5.41, 5.74) is 6.07. The molecule has 2 N–H and O–H groups in total. The Kier molecular flexibility index (Phi) is 5.49. The van der Waals surface area contributed by atoms with E-state index in [0.717, 1.165) is 5.92 Å². The van der Waals surface area contributed by atoms with E-state index in [-0.39, 0.29) is 0 Å². The molecule has 14 heavy (non-hydrogen) atoms. The van der Waals surface area contributed by atoms with Gasteiger partial charge in [0.25, 0.3) is 0 Å². The molecule has 0 aromatic rings. The van der Waals surface area contributed by atoms with Crippen LogP contribution in [0.25, 0.3) is 0 Å². The van der Waals surface area contributed by atoms with Crippen LogP contribution in [0, 0.1) is 5.92 Å². The molecule has 0 unspecified atom stereocenters. The minimum atomic E-state index is 0.414. The standard InChI is InChI=1S/C12H26N2/c1-11(2)10-12(13)6-9-14-7-4-3-5-8-14/h11-12H,3-10,13H2,1-2H3/t12-/m0/s1. The number of hydrogen-bond acceptors (Lipinski definition) is 2. The molecule has 1 aliphatic rings. The van der Waals surface area contributed by atoms with Crippen molar-refractivity contribution >= 4 is 0 Å². The van der Waals surface area contributed by atoms with Gasteiger partial charge in [-0.15, -0.1) is 0 Å². The van der Waals surface area contributed by atoms with Crippen LogP contribution in [0.5, 0.6) is 0 Å². The minimum Gasteiger partial charge on any atom is -0.328 e. The summed E-state index contributed by atoms with van der Waals surface area (Å²) in [5, 5.41) is 0. The highest BCUT2D eigenvalue weighted by Crippen LogP contribution is 2.11. The number of piperidine rings is 1. The second-order valence-electron chi connectivity index (χ2n) is 5.08. The van der Waals surface area contributed by atoms with Crippen molar-refractivity contribution in [3.05, 3.63) is 0 Å². The van der Waals surface area contributed by atoms with E-state index in [4.69, 9.17) is 5.73 Å². The fraction of sp³-hybridized carbons (Fsp3) is 1.00. The predicted octanol–water partition coefficient (Wildman–Crippen LogP) is 2.24. The van der Waals surface area contributed by atoms with Crippen LogP contribution in [0.4, 0.5) is 0 Å². The smallest absolute Gasteiger partial charge is 0.00534 e. The maximum Gasteiger partial charge on any atom is 0.00534 e. The van der Waals surface area contributed by atoms with Crippen molar-refractivity contribution in [2.45, 2.75) is 52.0 Å². The van der Waals surface area contributed by atoms with Gasteiger partial charge < -0.3 is 10.6 Å². The van der Waals surface area contributed by atoms with Gasteiger partial charge in [0.2, 0.25) is 0 Å². The molecule has 2 heteroatoms. The Balaban J connectivity index is 2.06. The molecule has 0 spiro atoms. The number of hydrogen-bond donors (Lipinski definition) is 1. The summed E-state index contributed by atoms with van der Waals surface area (Å²) in [6, 6.07) is 0.414. The minimum absolute atomic E-state index is 0.414. The van der Waals surface area contributed by atoms with Crippen molar-refractivity contribution < 1.29 is 0 Å². The quantitative estimate of drug-likeness (QED) is 0.734. The summed E-state index contributed by atoms with van der Waals surface area (Å²) in [6.45, 7) is 8.32. The van der Waals surface area contributed by atoms with Gasteiger partial charge in [-0.25, -0.2) is 0 Å². The first-order valence-electron chi connectivity index (χ1n) is 6.16. The molecule has 0 aliphatic carbocycles. The highest BCUT2D eigenvalue weighted by Gasteiger charge is 2.12. The number of nitrogens with zero attached hydrogens (tertiary/aromatic N) is 1. The molecule has 0 aromatic carbocycles. The molecule has 0 bridgehead atoms. The summed E-state index contributed by atoms with van der Waals surface area (Å²) in [7, 11) is 0. The molecular weight excluding hydrogens is 172 g/mol. The SMILES string of the molecule is CC(C)C[C@@H](N)CCN1CCCCC1. The molecule has 0 saturated carbocycles. The molecule has 1 rings (SSSR count). The van der Waals surface area contributed by atoms with Gasteiger partial charge in [0, 0.05) is 6.04 Å². The van der Waals surface area contributed by atoms with Gasteiger partial charge in [0.1, 0.15) is 0 Å². The first-order valence-corrected chi connectivity index (χ1v) is 6.16. The Hall–Kier alpha value is -0.0800. The zero-order valence-electron chi connectivity index (χ0n) is 9.84. The Morgan fingerprint density at radius 1 is 1.14 bits per heavy atom. The van der Waals surface area contributed by atoms with E-state index in [2.05, 4.69) is 18.7 Å². The van der Waals surface area contributed by atoms with Gasteiger partial charge in [-0.2, -0.15) is 0 Å². The molecule has 1 atom stereocenters. The number of likely N-dealkylation sites (tertiary alicyclic amines) is 1. The summed E-state index contributed by atoms with van der Waals surface area (Å²) in [4.78, 5) is 2.57. The Morgan fingerprint density at radius 3 is 2.36 bits per heavy atom. The van der Waals surface area contributed by atoms with Gasteiger partial charge in [0.05, 0.1) is 0 Å². The normalized spacial score (nSPS) is 21.4. The monoisotopic (exact) mass is 198 g/mol. The van der Waals surface area contributed by atoms with Crippen LogP contribution >= 0.6 is 0 Å². The molecular formula is C12H26N2. The molecule has 2 nitrogen and oxygen atoms in total. The third kappa shape index (κ3) is 4.97. The van der Waals surface area contributed by atoms with Crippen molar-refractivity contribution in [3.8, 4) is 0 Å². The fourth-order valence-electron chi connectivity index (χ4n) is 2.25. The van der Waals surface area contributed by atoms with E-state index in [9.17, 15) is 0 Å². The van der Waals surface area contributed by atoms with Crippen LogP contribution in [-0.4, -0.2) is 30.6 Å². The topological polar surface area (TPSA) is 29.3 Å². The van der Waals surface area contributed by atoms with Crippen molar-refractivity contribution in [1.82, 2.24) is 4.90 Å². The van der Waals surface area contributed by atoms with Crippen LogP contribution in [0.15, 0.2) is 0 Å². The van der Waals surface area contributed by atoms with E-state index in [1.807, 2.05) is 0 Å². The Bertz CT molecular complexity index is 139. The molecule has 1 aliphatic heterocycles. The molecule has 84 valence electrons. The summed E-state index contributed by atoms with van der Waals surface area (Å²) < 4.78 is 0. The number of rotatable bonds is 5. The largest absolute Gasteiger partial charge is 0.328 e. The van der Waals surface area contributed by atoms with E-state index < -0.39 is 0 Å². The van der Waals surface area contributed by atoms with E-state index in [0.29, 0.717) is 6.04 Å². The zero-order valence-corrected chi connectivity index (χ0v) is 9.84. The van der Waals surface area contributed by atoms with Gasteiger partial charge in [-0.05, 0) is 51.2 Å². The maximum absolute atomic E-state index is 6.07. The van der Waals surface area contributed by atoms with E-state index in [1.54, 1.807) is 0 Å². The second-order valence-corrected chi connectivity index (χ2v) is 5.08. The molecule has 1 fully saturated rings. The first-order chi connectivity index (χ1) is 6.68. The van der Waals surface area contributed by atoms with Crippen LogP contribution in [0.2, 0.25) is 0 Å². The van der Waals surface area contributed by atoms with Gasteiger partial charge in [-0.3, -0.25) is 0 Å². The van der Waals surface area contributed by atoms with Crippen molar-refractivity contribution in [2.24, 2.45) is 11.7 Å². The van der Waals surface area contributed by atoms with Crippen LogP contribution in [0.3, 0.4) is 0 Å².